The van der Waals surface area contributed by atoms with E-state index in [1.165, 1.54) is 16.3 Å². The number of nitrogens with zero attached hydrogens (tertiary/aromatic N) is 2. The van der Waals surface area contributed by atoms with Crippen molar-refractivity contribution in [3.8, 4) is 0 Å². The predicted octanol–water partition coefficient (Wildman–Crippen LogP) is 1.07. The van der Waals surface area contributed by atoms with Gasteiger partial charge in [-0.05, 0) is 18.1 Å². The first-order valence-corrected chi connectivity index (χ1v) is 5.13. The van der Waals surface area contributed by atoms with E-state index in [4.69, 9.17) is 5.73 Å². The van der Waals surface area contributed by atoms with Gasteiger partial charge in [0, 0.05) is 12.7 Å². The number of rotatable bonds is 3. The van der Waals surface area contributed by atoms with Crippen molar-refractivity contribution in [1.82, 2.24) is 9.78 Å². The monoisotopic (exact) mass is 215 g/mol. The number of nitrogen functional groups attached to an aromatic ring is 1. The molecule has 0 saturated heterocycles. The number of aryl methyl sites for hydroxylation is 2. The van der Waals surface area contributed by atoms with Crippen LogP contribution >= 0.6 is 0 Å². The molecular formula is C12H13N3O. The molecule has 0 radical (unpaired) electrons. The lowest BCUT2D eigenvalue weighted by molar-refractivity contribution is 0.580. The van der Waals surface area contributed by atoms with Crippen LogP contribution in [0, 0.1) is 0 Å². The van der Waals surface area contributed by atoms with Gasteiger partial charge in [0.2, 0.25) is 0 Å². The maximum absolute atomic E-state index is 11.6. The molecule has 1 heterocycles. The SMILES string of the molecule is Nc1ccnn(CCc2ccccc2)c1=O. The van der Waals surface area contributed by atoms with Gasteiger partial charge in [0.05, 0.1) is 0 Å². The molecule has 0 unspecified atom stereocenters. The van der Waals surface area contributed by atoms with Crippen LogP contribution < -0.4 is 11.3 Å². The molecule has 0 aliphatic carbocycles. The van der Waals surface area contributed by atoms with Crippen molar-refractivity contribution in [2.24, 2.45) is 0 Å². The Hall–Kier alpha value is -2.10. The van der Waals surface area contributed by atoms with E-state index in [0.29, 0.717) is 6.54 Å². The van der Waals surface area contributed by atoms with Gasteiger partial charge in [-0.2, -0.15) is 5.10 Å². The van der Waals surface area contributed by atoms with Crippen molar-refractivity contribution in [2.75, 3.05) is 5.73 Å². The molecule has 2 rings (SSSR count). The summed E-state index contributed by atoms with van der Waals surface area (Å²) in [5.74, 6) is 0. The zero-order chi connectivity index (χ0) is 11.4. The van der Waals surface area contributed by atoms with Crippen molar-refractivity contribution < 1.29 is 0 Å². The molecule has 0 aliphatic heterocycles. The second-order valence-corrected chi connectivity index (χ2v) is 3.55. The number of hydrogen-bond acceptors (Lipinski definition) is 3. The number of aromatic nitrogens is 2. The zero-order valence-corrected chi connectivity index (χ0v) is 8.84. The number of hydrogen-bond donors (Lipinski definition) is 1. The lowest BCUT2D eigenvalue weighted by Gasteiger charge is -2.04. The molecule has 0 fully saturated rings. The van der Waals surface area contributed by atoms with Gasteiger partial charge in [-0.15, -0.1) is 0 Å². The van der Waals surface area contributed by atoms with E-state index < -0.39 is 0 Å². The summed E-state index contributed by atoms with van der Waals surface area (Å²) in [6, 6.07) is 11.5. The summed E-state index contributed by atoms with van der Waals surface area (Å²) in [7, 11) is 0. The number of anilines is 1. The van der Waals surface area contributed by atoms with E-state index in [0.717, 1.165) is 6.42 Å². The van der Waals surface area contributed by atoms with E-state index in [1.54, 1.807) is 6.20 Å². The first-order valence-electron chi connectivity index (χ1n) is 5.13. The van der Waals surface area contributed by atoms with Crippen LogP contribution in [-0.2, 0) is 13.0 Å². The minimum atomic E-state index is -0.224. The van der Waals surface area contributed by atoms with Crippen molar-refractivity contribution >= 4 is 5.69 Å². The fraction of sp³-hybridized carbons (Fsp3) is 0.167. The molecule has 2 N–H and O–H groups in total. The number of benzene rings is 1. The van der Waals surface area contributed by atoms with Gasteiger partial charge in [0.15, 0.2) is 0 Å². The van der Waals surface area contributed by atoms with Crippen LogP contribution in [0.15, 0.2) is 47.4 Å². The molecule has 1 aromatic carbocycles. The largest absolute Gasteiger partial charge is 0.394 e. The van der Waals surface area contributed by atoms with Crippen LogP contribution in [0.3, 0.4) is 0 Å². The van der Waals surface area contributed by atoms with E-state index >= 15 is 0 Å². The van der Waals surface area contributed by atoms with Crippen molar-refractivity contribution in [3.05, 3.63) is 58.5 Å². The Morgan fingerprint density at radius 1 is 1.19 bits per heavy atom. The lowest BCUT2D eigenvalue weighted by Crippen LogP contribution is -2.25. The minimum absolute atomic E-state index is 0.224. The molecular weight excluding hydrogens is 202 g/mol. The third-order valence-corrected chi connectivity index (χ3v) is 2.40. The first kappa shape index (κ1) is 10.4. The second-order valence-electron chi connectivity index (χ2n) is 3.55. The Labute approximate surface area is 93.3 Å². The molecule has 0 spiro atoms. The molecule has 4 heteroatoms. The standard InChI is InChI=1S/C12H13N3O/c13-11-6-8-14-15(12(11)16)9-7-10-4-2-1-3-5-10/h1-6,8H,7,9,13H2. The van der Waals surface area contributed by atoms with Crippen molar-refractivity contribution in [3.63, 3.8) is 0 Å². The summed E-state index contributed by atoms with van der Waals surface area (Å²) in [6.07, 6.45) is 2.32. The van der Waals surface area contributed by atoms with Crippen molar-refractivity contribution in [1.29, 1.82) is 0 Å². The maximum atomic E-state index is 11.6. The zero-order valence-electron chi connectivity index (χ0n) is 8.84. The fourth-order valence-corrected chi connectivity index (χ4v) is 1.51. The molecule has 2 aromatic rings. The molecule has 16 heavy (non-hydrogen) atoms. The predicted molar refractivity (Wildman–Crippen MR) is 63.1 cm³/mol. The van der Waals surface area contributed by atoms with E-state index in [2.05, 4.69) is 5.10 Å². The molecule has 0 saturated carbocycles. The summed E-state index contributed by atoms with van der Waals surface area (Å²) >= 11 is 0. The number of nitrogens with two attached hydrogens (primary N) is 1. The lowest BCUT2D eigenvalue weighted by atomic mass is 10.1. The van der Waals surface area contributed by atoms with Gasteiger partial charge in [0.25, 0.3) is 5.56 Å². The van der Waals surface area contributed by atoms with Crippen molar-refractivity contribution in [2.45, 2.75) is 13.0 Å². The Bertz CT molecular complexity index is 519. The highest BCUT2D eigenvalue weighted by Crippen LogP contribution is 2.00. The molecule has 1 aromatic heterocycles. The highest BCUT2D eigenvalue weighted by molar-refractivity contribution is 5.31. The van der Waals surface area contributed by atoms with Crippen LogP contribution in [0.4, 0.5) is 5.69 Å². The van der Waals surface area contributed by atoms with Gasteiger partial charge in [0.1, 0.15) is 5.69 Å². The summed E-state index contributed by atoms with van der Waals surface area (Å²) in [4.78, 5) is 11.6. The Morgan fingerprint density at radius 3 is 2.69 bits per heavy atom. The quantitative estimate of drug-likeness (QED) is 0.833. The second kappa shape index (κ2) is 4.61. The van der Waals surface area contributed by atoms with Crippen LogP contribution in [-0.4, -0.2) is 9.78 Å². The molecule has 4 nitrogen and oxygen atoms in total. The Kier molecular flexibility index (Phi) is 3.00. The molecule has 0 aliphatic rings. The topological polar surface area (TPSA) is 60.9 Å². The highest BCUT2D eigenvalue weighted by atomic mass is 16.1. The van der Waals surface area contributed by atoms with Crippen LogP contribution in [0.1, 0.15) is 5.56 Å². The third-order valence-electron chi connectivity index (χ3n) is 2.40. The molecule has 0 amide bonds. The fourth-order valence-electron chi connectivity index (χ4n) is 1.51. The summed E-state index contributed by atoms with van der Waals surface area (Å²) in [5.41, 5.74) is 6.71. The van der Waals surface area contributed by atoms with Gasteiger partial charge in [-0.3, -0.25) is 4.79 Å². The van der Waals surface area contributed by atoms with Gasteiger partial charge in [-0.1, -0.05) is 30.3 Å². The van der Waals surface area contributed by atoms with Gasteiger partial charge in [-0.25, -0.2) is 4.68 Å². The minimum Gasteiger partial charge on any atom is -0.394 e. The van der Waals surface area contributed by atoms with Crippen LogP contribution in [0.25, 0.3) is 0 Å². The average Bonchev–Trinajstić information content (AvgIpc) is 2.32. The van der Waals surface area contributed by atoms with Gasteiger partial charge >= 0.3 is 0 Å². The Balaban J connectivity index is 2.11. The highest BCUT2D eigenvalue weighted by Gasteiger charge is 2.00. The van der Waals surface area contributed by atoms with E-state index in [-0.39, 0.29) is 11.2 Å². The molecule has 0 bridgehead atoms. The molecule has 0 atom stereocenters. The Morgan fingerprint density at radius 2 is 1.94 bits per heavy atom. The smallest absolute Gasteiger partial charge is 0.289 e. The van der Waals surface area contributed by atoms with Crippen LogP contribution in [0.2, 0.25) is 0 Å². The normalized spacial score (nSPS) is 10.2. The first-order chi connectivity index (χ1) is 7.77. The van der Waals surface area contributed by atoms with E-state index in [9.17, 15) is 4.79 Å². The third kappa shape index (κ3) is 2.28. The summed E-state index contributed by atoms with van der Waals surface area (Å²) in [5, 5.41) is 3.98. The van der Waals surface area contributed by atoms with E-state index in [1.807, 2.05) is 30.3 Å². The van der Waals surface area contributed by atoms with Gasteiger partial charge < -0.3 is 5.73 Å². The average molecular weight is 215 g/mol. The summed E-state index contributed by atoms with van der Waals surface area (Å²) < 4.78 is 1.39. The van der Waals surface area contributed by atoms with Crippen LogP contribution in [0.5, 0.6) is 0 Å². The maximum Gasteiger partial charge on any atom is 0.289 e. The molecule has 82 valence electrons. The summed E-state index contributed by atoms with van der Waals surface area (Å²) in [6.45, 7) is 0.549.